The molecule has 2 rings (SSSR count). The van der Waals surface area contributed by atoms with Crippen molar-refractivity contribution in [2.24, 2.45) is 0 Å². The third kappa shape index (κ3) is 3.71. The number of halogens is 1. The van der Waals surface area contributed by atoms with Gasteiger partial charge in [-0.2, -0.15) is 4.98 Å². The van der Waals surface area contributed by atoms with Crippen molar-refractivity contribution in [3.63, 3.8) is 0 Å². The largest absolute Gasteiger partial charge is 0.339 e. The monoisotopic (exact) mass is 351 g/mol. The highest BCUT2D eigenvalue weighted by atomic mass is 79.9. The van der Waals surface area contributed by atoms with Crippen LogP contribution in [0.1, 0.15) is 44.6 Å². The van der Waals surface area contributed by atoms with Crippen LogP contribution in [0.2, 0.25) is 0 Å². The van der Waals surface area contributed by atoms with E-state index in [2.05, 4.69) is 59.1 Å². The Bertz CT molecular complexity index is 597. The molecule has 4 nitrogen and oxygen atoms in total. The molecule has 21 heavy (non-hydrogen) atoms. The lowest BCUT2D eigenvalue weighted by molar-refractivity contribution is 0.321. The molecule has 0 fully saturated rings. The van der Waals surface area contributed by atoms with E-state index in [4.69, 9.17) is 4.52 Å². The van der Waals surface area contributed by atoms with E-state index >= 15 is 0 Å². The molecule has 1 aromatic heterocycles. The standard InChI is InChI=1S/C16H22BrN3O/c1-5-14(18-6-2)11(4)16-19-15(20-21-16)12-8-7-10(3)13(17)9-12/h7-9,11,14,18H,5-6H2,1-4H3. The minimum atomic E-state index is 0.199. The molecule has 0 aliphatic heterocycles. The van der Waals surface area contributed by atoms with Crippen LogP contribution in [0.3, 0.4) is 0 Å². The summed E-state index contributed by atoms with van der Waals surface area (Å²) in [4.78, 5) is 4.56. The van der Waals surface area contributed by atoms with Crippen LogP contribution in [0.4, 0.5) is 0 Å². The summed E-state index contributed by atoms with van der Waals surface area (Å²) in [5.74, 6) is 1.53. The van der Waals surface area contributed by atoms with E-state index in [-0.39, 0.29) is 5.92 Å². The highest BCUT2D eigenvalue weighted by molar-refractivity contribution is 9.10. The summed E-state index contributed by atoms with van der Waals surface area (Å²) in [6.07, 6.45) is 1.03. The van der Waals surface area contributed by atoms with Crippen LogP contribution in [0.15, 0.2) is 27.2 Å². The van der Waals surface area contributed by atoms with Crippen LogP contribution in [0, 0.1) is 6.92 Å². The molecule has 114 valence electrons. The molecular formula is C16H22BrN3O. The van der Waals surface area contributed by atoms with Crippen LogP contribution < -0.4 is 5.32 Å². The number of likely N-dealkylation sites (N-methyl/N-ethyl adjacent to an activating group) is 1. The molecule has 0 bridgehead atoms. The van der Waals surface area contributed by atoms with Crippen LogP contribution in [0.25, 0.3) is 11.4 Å². The normalized spacial score (nSPS) is 14.1. The Morgan fingerprint density at radius 3 is 2.71 bits per heavy atom. The zero-order valence-corrected chi connectivity index (χ0v) is 14.6. The van der Waals surface area contributed by atoms with Crippen LogP contribution >= 0.6 is 15.9 Å². The number of benzene rings is 1. The van der Waals surface area contributed by atoms with E-state index in [0.717, 1.165) is 23.0 Å². The van der Waals surface area contributed by atoms with Crippen molar-refractivity contribution in [3.05, 3.63) is 34.1 Å². The molecule has 0 saturated carbocycles. The summed E-state index contributed by atoms with van der Waals surface area (Å²) >= 11 is 3.54. The number of nitrogens with one attached hydrogen (secondary N) is 1. The van der Waals surface area contributed by atoms with Crippen molar-refractivity contribution in [1.29, 1.82) is 0 Å². The molecule has 5 heteroatoms. The maximum Gasteiger partial charge on any atom is 0.231 e. The molecule has 0 amide bonds. The third-order valence-corrected chi connectivity index (χ3v) is 4.63. The van der Waals surface area contributed by atoms with E-state index in [1.807, 2.05) is 18.2 Å². The zero-order valence-electron chi connectivity index (χ0n) is 13.0. The van der Waals surface area contributed by atoms with Gasteiger partial charge in [-0.3, -0.25) is 0 Å². The Hall–Kier alpha value is -1.20. The fourth-order valence-electron chi connectivity index (χ4n) is 2.38. The lowest BCUT2D eigenvalue weighted by atomic mass is 9.99. The molecule has 0 spiro atoms. The minimum absolute atomic E-state index is 0.199. The van der Waals surface area contributed by atoms with Gasteiger partial charge in [-0.1, -0.05) is 54.0 Å². The molecule has 0 aliphatic carbocycles. The van der Waals surface area contributed by atoms with Gasteiger partial charge in [-0.05, 0) is 31.5 Å². The number of aromatic nitrogens is 2. The first kappa shape index (κ1) is 16.2. The van der Waals surface area contributed by atoms with E-state index in [1.165, 1.54) is 5.56 Å². The van der Waals surface area contributed by atoms with Crippen molar-refractivity contribution >= 4 is 15.9 Å². The molecule has 0 radical (unpaired) electrons. The minimum Gasteiger partial charge on any atom is -0.339 e. The van der Waals surface area contributed by atoms with Crippen LogP contribution in [-0.4, -0.2) is 22.7 Å². The first-order valence-corrected chi connectivity index (χ1v) is 8.19. The lowest BCUT2D eigenvalue weighted by Gasteiger charge is -2.20. The second-order valence-corrected chi connectivity index (χ2v) is 6.14. The van der Waals surface area contributed by atoms with E-state index < -0.39 is 0 Å². The number of hydrogen-bond donors (Lipinski definition) is 1. The third-order valence-electron chi connectivity index (χ3n) is 3.77. The maximum atomic E-state index is 5.46. The molecule has 1 heterocycles. The summed E-state index contributed by atoms with van der Waals surface area (Å²) in [6.45, 7) is 9.39. The van der Waals surface area contributed by atoms with Gasteiger partial charge in [0.25, 0.3) is 0 Å². The molecule has 1 aromatic carbocycles. The summed E-state index contributed by atoms with van der Waals surface area (Å²) in [6, 6.07) is 6.44. The van der Waals surface area contributed by atoms with Crippen molar-refractivity contribution in [2.45, 2.75) is 46.1 Å². The maximum absolute atomic E-state index is 5.46. The smallest absolute Gasteiger partial charge is 0.231 e. The average Bonchev–Trinajstić information content (AvgIpc) is 2.96. The van der Waals surface area contributed by atoms with Gasteiger partial charge in [0.2, 0.25) is 11.7 Å². The molecule has 0 saturated heterocycles. The number of rotatable bonds is 6. The second-order valence-electron chi connectivity index (χ2n) is 5.28. The Morgan fingerprint density at radius 2 is 2.10 bits per heavy atom. The molecule has 1 N–H and O–H groups in total. The molecular weight excluding hydrogens is 330 g/mol. The van der Waals surface area contributed by atoms with E-state index in [9.17, 15) is 0 Å². The molecule has 2 aromatic rings. The summed E-state index contributed by atoms with van der Waals surface area (Å²) in [5, 5.41) is 7.58. The van der Waals surface area contributed by atoms with Crippen LogP contribution in [0.5, 0.6) is 0 Å². The topological polar surface area (TPSA) is 51.0 Å². The Kier molecular flexibility index (Phi) is 5.53. The van der Waals surface area contributed by atoms with Gasteiger partial charge in [0, 0.05) is 16.1 Å². The first-order valence-electron chi connectivity index (χ1n) is 7.40. The highest BCUT2D eigenvalue weighted by Crippen LogP contribution is 2.26. The summed E-state index contributed by atoms with van der Waals surface area (Å²) in [5.41, 5.74) is 2.15. The quantitative estimate of drug-likeness (QED) is 0.842. The zero-order chi connectivity index (χ0) is 15.4. The predicted octanol–water partition coefficient (Wildman–Crippen LogP) is 4.30. The first-order chi connectivity index (χ1) is 10.1. The van der Waals surface area contributed by atoms with Gasteiger partial charge in [-0.15, -0.1) is 0 Å². The van der Waals surface area contributed by atoms with Gasteiger partial charge >= 0.3 is 0 Å². The van der Waals surface area contributed by atoms with Gasteiger partial charge in [0.15, 0.2) is 0 Å². The Labute approximate surface area is 134 Å². The van der Waals surface area contributed by atoms with Crippen molar-refractivity contribution < 1.29 is 4.52 Å². The van der Waals surface area contributed by atoms with E-state index in [0.29, 0.717) is 17.8 Å². The number of nitrogens with zero attached hydrogens (tertiary/aromatic N) is 2. The van der Waals surface area contributed by atoms with Gasteiger partial charge in [0.05, 0.1) is 5.92 Å². The number of hydrogen-bond acceptors (Lipinski definition) is 4. The summed E-state index contributed by atoms with van der Waals surface area (Å²) < 4.78 is 6.52. The number of aryl methyl sites for hydroxylation is 1. The van der Waals surface area contributed by atoms with Crippen molar-refractivity contribution in [2.75, 3.05) is 6.54 Å². The average molecular weight is 352 g/mol. The lowest BCUT2D eigenvalue weighted by Crippen LogP contribution is -2.33. The predicted molar refractivity (Wildman–Crippen MR) is 88.3 cm³/mol. The van der Waals surface area contributed by atoms with Crippen LogP contribution in [-0.2, 0) is 0 Å². The SMILES string of the molecule is CCNC(CC)C(C)c1nc(-c2ccc(C)c(Br)c2)no1. The summed E-state index contributed by atoms with van der Waals surface area (Å²) in [7, 11) is 0. The fraction of sp³-hybridized carbons (Fsp3) is 0.500. The Balaban J connectivity index is 2.22. The van der Waals surface area contributed by atoms with Gasteiger partial charge in [0.1, 0.15) is 0 Å². The molecule has 2 atom stereocenters. The van der Waals surface area contributed by atoms with Crippen molar-refractivity contribution in [3.8, 4) is 11.4 Å². The second kappa shape index (κ2) is 7.18. The highest BCUT2D eigenvalue weighted by Gasteiger charge is 2.22. The van der Waals surface area contributed by atoms with Gasteiger partial charge < -0.3 is 9.84 Å². The van der Waals surface area contributed by atoms with Crippen molar-refractivity contribution in [1.82, 2.24) is 15.5 Å². The molecule has 2 unspecified atom stereocenters. The molecule has 0 aliphatic rings. The van der Waals surface area contributed by atoms with Gasteiger partial charge in [-0.25, -0.2) is 0 Å². The Morgan fingerprint density at radius 1 is 1.33 bits per heavy atom. The fourth-order valence-corrected chi connectivity index (χ4v) is 2.76. The van der Waals surface area contributed by atoms with E-state index in [1.54, 1.807) is 0 Å².